The zero-order chi connectivity index (χ0) is 33.2. The van der Waals surface area contributed by atoms with E-state index in [0.717, 1.165) is 41.2 Å². The zero-order valence-electron chi connectivity index (χ0n) is 28.4. The van der Waals surface area contributed by atoms with Gasteiger partial charge in [-0.2, -0.15) is 0 Å². The van der Waals surface area contributed by atoms with E-state index in [0.29, 0.717) is 61.9 Å². The molecule has 0 radical (unpaired) electrons. The highest BCUT2D eigenvalue weighted by atomic mass is 28.3. The number of fused-ring (bicyclic) bond motifs is 1. The molecule has 1 saturated carbocycles. The van der Waals surface area contributed by atoms with Gasteiger partial charge in [0.1, 0.15) is 29.4 Å². The highest BCUT2D eigenvalue weighted by Crippen LogP contribution is 2.39. The molecular weight excluding hydrogens is 603 g/mol. The Morgan fingerprint density at radius 1 is 1.07 bits per heavy atom. The summed E-state index contributed by atoms with van der Waals surface area (Å²) in [6.07, 6.45) is 4.86. The summed E-state index contributed by atoms with van der Waals surface area (Å²) < 4.78 is 34.3. The number of likely N-dealkylation sites (tertiary alicyclic amines) is 1. The molecule has 1 aliphatic heterocycles. The van der Waals surface area contributed by atoms with Gasteiger partial charge in [0, 0.05) is 62.9 Å². The lowest BCUT2D eigenvalue weighted by Gasteiger charge is -2.33. The molecule has 0 bridgehead atoms. The summed E-state index contributed by atoms with van der Waals surface area (Å²) in [6.45, 7) is 16.8. The van der Waals surface area contributed by atoms with Crippen LogP contribution in [0.4, 0.5) is 9.18 Å². The van der Waals surface area contributed by atoms with E-state index in [-0.39, 0.29) is 30.6 Å². The molecular formula is C35H49FN4O5Si. The largest absolute Gasteiger partial charge is 0.493 e. The Morgan fingerprint density at radius 2 is 1.78 bits per heavy atom. The zero-order valence-corrected chi connectivity index (χ0v) is 29.4. The predicted octanol–water partition coefficient (Wildman–Crippen LogP) is 7.38. The topological polar surface area (TPSA) is 94.9 Å². The van der Waals surface area contributed by atoms with Crippen molar-refractivity contribution in [2.75, 3.05) is 26.3 Å². The summed E-state index contributed by atoms with van der Waals surface area (Å²) in [4.78, 5) is 33.0. The first-order valence-corrected chi connectivity index (χ1v) is 20.2. The van der Waals surface area contributed by atoms with E-state index < -0.39 is 13.7 Å². The molecule has 1 aliphatic carbocycles. The van der Waals surface area contributed by atoms with Crippen LogP contribution in [0.25, 0.3) is 22.2 Å². The average Bonchev–Trinajstić information content (AvgIpc) is 3.75. The number of nitrogens with one attached hydrogen (secondary N) is 1. The summed E-state index contributed by atoms with van der Waals surface area (Å²) in [5.74, 6) is 0.407. The maximum Gasteiger partial charge on any atom is 0.410 e. The Bertz CT molecular complexity index is 1570. The molecule has 0 atom stereocenters. The van der Waals surface area contributed by atoms with Gasteiger partial charge in [0.15, 0.2) is 0 Å². The summed E-state index contributed by atoms with van der Waals surface area (Å²) in [6, 6.07) is 7.43. The number of hydrogen-bond acceptors (Lipinski definition) is 6. The van der Waals surface area contributed by atoms with Crippen LogP contribution < -0.4 is 10.1 Å². The van der Waals surface area contributed by atoms with E-state index in [1.165, 1.54) is 12.1 Å². The molecule has 9 nitrogen and oxygen atoms in total. The van der Waals surface area contributed by atoms with Crippen LogP contribution in [-0.2, 0) is 16.2 Å². The molecule has 5 rings (SSSR count). The van der Waals surface area contributed by atoms with Gasteiger partial charge in [0.25, 0.3) is 5.91 Å². The lowest BCUT2D eigenvalue weighted by atomic mass is 10.0. The van der Waals surface area contributed by atoms with Crippen molar-refractivity contribution >= 4 is 31.1 Å². The molecule has 0 spiro atoms. The highest BCUT2D eigenvalue weighted by Gasteiger charge is 2.30. The summed E-state index contributed by atoms with van der Waals surface area (Å²) in [7, 11) is -1.31. The molecule has 46 heavy (non-hydrogen) atoms. The van der Waals surface area contributed by atoms with Gasteiger partial charge < -0.3 is 29.0 Å². The van der Waals surface area contributed by atoms with Crippen LogP contribution in [0.3, 0.4) is 0 Å². The van der Waals surface area contributed by atoms with E-state index in [2.05, 4.69) is 25.0 Å². The molecule has 3 heterocycles. The van der Waals surface area contributed by atoms with Crippen molar-refractivity contribution in [3.8, 4) is 16.9 Å². The highest BCUT2D eigenvalue weighted by molar-refractivity contribution is 6.76. The molecule has 0 unspecified atom stereocenters. The molecule has 250 valence electrons. The molecule has 1 aromatic carbocycles. The number of rotatable bonds is 11. The van der Waals surface area contributed by atoms with Crippen LogP contribution in [-0.4, -0.2) is 72.5 Å². The average molecular weight is 653 g/mol. The Kier molecular flexibility index (Phi) is 10.1. The maximum atomic E-state index is 14.4. The summed E-state index contributed by atoms with van der Waals surface area (Å²) in [5, 5.41) is 3.21. The van der Waals surface area contributed by atoms with E-state index in [1.54, 1.807) is 17.2 Å². The molecule has 2 amide bonds. The standard InChI is InChI=1S/C35H49FN4O5Si/c1-23-30(33(41)38-26-13-16-39(17-14-26)34(42)45-35(2,3)4)31-32(40(23)22-43-18-19-46(5,6)7)28(12-15-37-31)27-11-10-25(36)20-29(27)44-21-24-8-9-24/h10-12,15,20,24,26H,8-9,13-14,16-19,21-22H2,1-7H3,(H,38,41). The first-order chi connectivity index (χ1) is 21.7. The fraction of sp³-hybridized carbons (Fsp3) is 0.571. The first-order valence-electron chi connectivity index (χ1n) is 16.5. The number of piperidine rings is 1. The number of halogens is 1. The Labute approximate surface area is 272 Å². The Morgan fingerprint density at radius 3 is 2.43 bits per heavy atom. The van der Waals surface area contributed by atoms with Crippen molar-refractivity contribution in [2.45, 2.75) is 97.4 Å². The fourth-order valence-electron chi connectivity index (χ4n) is 5.69. The fourth-order valence-corrected chi connectivity index (χ4v) is 6.45. The first kappa shape index (κ1) is 33.9. The maximum absolute atomic E-state index is 14.4. The van der Waals surface area contributed by atoms with E-state index in [1.807, 2.05) is 38.3 Å². The number of hydrogen-bond donors (Lipinski definition) is 1. The number of carbonyl (C=O) groups excluding carboxylic acids is 2. The van der Waals surface area contributed by atoms with Gasteiger partial charge in [-0.25, -0.2) is 9.18 Å². The van der Waals surface area contributed by atoms with Gasteiger partial charge >= 0.3 is 6.09 Å². The van der Waals surface area contributed by atoms with Crippen molar-refractivity contribution in [2.24, 2.45) is 5.92 Å². The Hall–Kier alpha value is -3.44. The third-order valence-electron chi connectivity index (χ3n) is 8.53. The molecule has 2 aromatic heterocycles. The monoisotopic (exact) mass is 652 g/mol. The number of pyridine rings is 1. The quantitative estimate of drug-likeness (QED) is 0.172. The number of ether oxygens (including phenoxy) is 3. The lowest BCUT2D eigenvalue weighted by molar-refractivity contribution is 0.0199. The van der Waals surface area contributed by atoms with Crippen molar-refractivity contribution in [3.63, 3.8) is 0 Å². The van der Waals surface area contributed by atoms with E-state index >= 15 is 0 Å². The van der Waals surface area contributed by atoms with E-state index in [4.69, 9.17) is 19.2 Å². The number of benzene rings is 1. The minimum atomic E-state index is -1.31. The summed E-state index contributed by atoms with van der Waals surface area (Å²) >= 11 is 0. The van der Waals surface area contributed by atoms with Crippen molar-refractivity contribution < 1.29 is 28.2 Å². The van der Waals surface area contributed by atoms with Crippen LogP contribution in [0.5, 0.6) is 5.75 Å². The van der Waals surface area contributed by atoms with Crippen molar-refractivity contribution in [1.29, 1.82) is 0 Å². The van der Waals surface area contributed by atoms with Gasteiger partial charge in [-0.1, -0.05) is 19.6 Å². The van der Waals surface area contributed by atoms with Crippen LogP contribution in [0, 0.1) is 18.7 Å². The third-order valence-corrected chi connectivity index (χ3v) is 10.2. The number of carbonyl (C=O) groups is 2. The van der Waals surface area contributed by atoms with Gasteiger partial charge in [0.2, 0.25) is 0 Å². The molecule has 2 fully saturated rings. The van der Waals surface area contributed by atoms with Gasteiger partial charge in [-0.15, -0.1) is 0 Å². The van der Waals surface area contributed by atoms with Crippen molar-refractivity contribution in [3.05, 3.63) is 47.5 Å². The SMILES string of the molecule is Cc1c(C(=O)NC2CCN(C(=O)OC(C)(C)C)CC2)c2nccc(-c3ccc(F)cc3OCC3CC3)c2n1COCC[Si](C)(C)C. The van der Waals surface area contributed by atoms with Crippen LogP contribution in [0.2, 0.25) is 25.7 Å². The third kappa shape index (κ3) is 8.47. The summed E-state index contributed by atoms with van der Waals surface area (Å²) in [5.41, 5.74) is 3.53. The lowest BCUT2D eigenvalue weighted by Crippen LogP contribution is -2.47. The molecule has 11 heteroatoms. The smallest absolute Gasteiger partial charge is 0.410 e. The molecule has 1 N–H and O–H groups in total. The van der Waals surface area contributed by atoms with Crippen LogP contribution >= 0.6 is 0 Å². The molecule has 2 aliphatic rings. The second kappa shape index (κ2) is 13.7. The minimum Gasteiger partial charge on any atom is -0.493 e. The number of nitrogens with zero attached hydrogens (tertiary/aromatic N) is 3. The van der Waals surface area contributed by atoms with Crippen molar-refractivity contribution in [1.82, 2.24) is 19.8 Å². The van der Waals surface area contributed by atoms with Crippen LogP contribution in [0.15, 0.2) is 30.5 Å². The van der Waals surface area contributed by atoms with E-state index in [9.17, 15) is 14.0 Å². The van der Waals surface area contributed by atoms with Gasteiger partial charge in [-0.3, -0.25) is 9.78 Å². The predicted molar refractivity (Wildman–Crippen MR) is 180 cm³/mol. The normalized spacial score (nSPS) is 16.1. The number of aromatic nitrogens is 2. The second-order valence-corrected chi connectivity index (χ2v) is 20.5. The minimum absolute atomic E-state index is 0.0975. The number of amides is 2. The molecule has 1 saturated heterocycles. The Balaban J connectivity index is 1.44. The van der Waals surface area contributed by atoms with Gasteiger partial charge in [0.05, 0.1) is 17.7 Å². The molecule has 3 aromatic rings. The van der Waals surface area contributed by atoms with Gasteiger partial charge in [-0.05, 0) is 83.5 Å². The van der Waals surface area contributed by atoms with Crippen LogP contribution in [0.1, 0.15) is 62.5 Å². The second-order valence-electron chi connectivity index (χ2n) is 14.9.